The molecule has 2 nitrogen and oxygen atoms in total. The highest BCUT2D eigenvalue weighted by atomic mass is 19.4. The number of hydrogen-bond donors (Lipinski definition) is 2. The summed E-state index contributed by atoms with van der Waals surface area (Å²) >= 11 is 0. The van der Waals surface area contributed by atoms with Crippen molar-refractivity contribution in [1.82, 2.24) is 0 Å². The van der Waals surface area contributed by atoms with Crippen molar-refractivity contribution in [2.75, 3.05) is 0 Å². The van der Waals surface area contributed by atoms with E-state index >= 15 is 13.2 Å². The molecule has 226 valence electrons. The molecule has 2 aromatic carbocycles. The summed E-state index contributed by atoms with van der Waals surface area (Å²) in [6, 6.07) is 6.29. The Morgan fingerprint density at radius 2 is 0.675 bits per heavy atom. The van der Waals surface area contributed by atoms with E-state index in [4.69, 9.17) is 0 Å². The number of aromatic hydroxyl groups is 2. The van der Waals surface area contributed by atoms with Gasteiger partial charge in [0.05, 0.1) is 0 Å². The monoisotopic (exact) mass is 562 g/mol. The molecule has 0 aliphatic rings. The Morgan fingerprint density at radius 1 is 0.475 bits per heavy atom. The average Bonchev–Trinajstić information content (AvgIpc) is 2.87. The van der Waals surface area contributed by atoms with Crippen molar-refractivity contribution in [3.63, 3.8) is 0 Å². The maximum absolute atomic E-state index is 15.6. The standard InChI is InChI=1S/C35H53F3O2/c1-14-30(5,6)24-18-22(19-25(28(24)39)31(7,8)15-2)34(13,35(36,37)38)23-20-26(32(9,10)16-3)29(40)27(21-23)33(11,12)17-4/h18-21,39-40H,14-17H2,1-13H3. The third-order valence-electron chi connectivity index (χ3n) is 10.4. The Labute approximate surface area is 241 Å². The Balaban J connectivity index is 3.23. The molecule has 0 aliphatic heterocycles. The van der Waals surface area contributed by atoms with Crippen LogP contribution in [0.25, 0.3) is 0 Å². The largest absolute Gasteiger partial charge is 0.507 e. The van der Waals surface area contributed by atoms with Gasteiger partial charge in [-0.25, -0.2) is 0 Å². The minimum absolute atomic E-state index is 0.0818. The lowest BCUT2D eigenvalue weighted by atomic mass is 9.67. The van der Waals surface area contributed by atoms with Crippen molar-refractivity contribution >= 4 is 0 Å². The van der Waals surface area contributed by atoms with Crippen LogP contribution in [0.5, 0.6) is 11.5 Å². The highest BCUT2D eigenvalue weighted by Crippen LogP contribution is 2.53. The third kappa shape index (κ3) is 5.77. The molecule has 40 heavy (non-hydrogen) atoms. The molecular weight excluding hydrogens is 509 g/mol. The first-order valence-electron chi connectivity index (χ1n) is 14.8. The number of alkyl halides is 3. The second-order valence-corrected chi connectivity index (χ2v) is 14.4. The van der Waals surface area contributed by atoms with Crippen LogP contribution in [0, 0.1) is 0 Å². The molecule has 0 saturated heterocycles. The van der Waals surface area contributed by atoms with Gasteiger partial charge in [-0.2, -0.15) is 13.2 Å². The smallest absolute Gasteiger partial charge is 0.402 e. The van der Waals surface area contributed by atoms with Crippen LogP contribution in [0.15, 0.2) is 24.3 Å². The fourth-order valence-corrected chi connectivity index (χ4v) is 5.17. The lowest BCUT2D eigenvalue weighted by molar-refractivity contribution is -0.173. The minimum Gasteiger partial charge on any atom is -0.507 e. The van der Waals surface area contributed by atoms with Crippen LogP contribution in [0.2, 0.25) is 0 Å². The average molecular weight is 563 g/mol. The normalized spacial score (nSPS) is 14.1. The Hall–Kier alpha value is -2.17. The molecule has 0 radical (unpaired) electrons. The van der Waals surface area contributed by atoms with Gasteiger partial charge >= 0.3 is 6.18 Å². The van der Waals surface area contributed by atoms with E-state index in [0.29, 0.717) is 47.9 Å². The zero-order valence-corrected chi connectivity index (χ0v) is 27.2. The summed E-state index contributed by atoms with van der Waals surface area (Å²) in [6.07, 6.45) is -2.03. The molecule has 2 N–H and O–H groups in total. The first kappa shape index (κ1) is 34.0. The highest BCUT2D eigenvalue weighted by molar-refractivity contribution is 5.58. The number of phenols is 2. The number of halogens is 3. The molecule has 0 atom stereocenters. The summed E-state index contributed by atoms with van der Waals surface area (Å²) in [5.41, 5.74) is -2.20. The minimum atomic E-state index is -4.65. The lowest BCUT2D eigenvalue weighted by Crippen LogP contribution is -2.42. The fraction of sp³-hybridized carbons (Fsp3) is 0.657. The molecule has 0 heterocycles. The van der Waals surface area contributed by atoms with E-state index in [1.165, 1.54) is 6.92 Å². The van der Waals surface area contributed by atoms with Crippen LogP contribution in [0.1, 0.15) is 149 Å². The second kappa shape index (κ2) is 10.9. The zero-order chi connectivity index (χ0) is 31.3. The highest BCUT2D eigenvalue weighted by Gasteiger charge is 2.55. The van der Waals surface area contributed by atoms with Crippen molar-refractivity contribution in [3.8, 4) is 11.5 Å². The Kier molecular flexibility index (Phi) is 9.28. The second-order valence-electron chi connectivity index (χ2n) is 14.4. The summed E-state index contributed by atoms with van der Waals surface area (Å²) in [7, 11) is 0. The Bertz CT molecular complexity index is 1060. The van der Waals surface area contributed by atoms with Crippen molar-refractivity contribution in [2.24, 2.45) is 0 Å². The van der Waals surface area contributed by atoms with E-state index in [0.717, 1.165) is 0 Å². The number of phenolic OH excluding ortho intramolecular Hbond substituents is 2. The molecule has 5 heteroatoms. The van der Waals surface area contributed by atoms with Gasteiger partial charge in [-0.15, -0.1) is 0 Å². The van der Waals surface area contributed by atoms with Gasteiger partial charge in [-0.05, 0) is 65.4 Å². The van der Waals surface area contributed by atoms with Gasteiger partial charge in [0.25, 0.3) is 0 Å². The fourth-order valence-electron chi connectivity index (χ4n) is 5.17. The summed E-state index contributed by atoms with van der Waals surface area (Å²) in [6.45, 7) is 24.9. The van der Waals surface area contributed by atoms with Crippen LogP contribution in [-0.2, 0) is 27.1 Å². The van der Waals surface area contributed by atoms with Crippen LogP contribution in [0.4, 0.5) is 13.2 Å². The molecule has 0 fully saturated rings. The number of rotatable bonds is 10. The molecule has 0 aromatic heterocycles. The van der Waals surface area contributed by atoms with Gasteiger partial charge in [0, 0.05) is 22.3 Å². The van der Waals surface area contributed by atoms with Gasteiger partial charge in [-0.3, -0.25) is 0 Å². The molecule has 0 aliphatic carbocycles. The van der Waals surface area contributed by atoms with Gasteiger partial charge in [0.1, 0.15) is 16.9 Å². The van der Waals surface area contributed by atoms with E-state index in [1.807, 2.05) is 83.1 Å². The summed E-state index contributed by atoms with van der Waals surface area (Å²) in [5, 5.41) is 22.9. The number of benzene rings is 2. The van der Waals surface area contributed by atoms with Crippen LogP contribution >= 0.6 is 0 Å². The predicted molar refractivity (Wildman–Crippen MR) is 162 cm³/mol. The molecule has 0 amide bonds. The van der Waals surface area contributed by atoms with Gasteiger partial charge in [0.15, 0.2) is 0 Å². The summed E-state index contributed by atoms with van der Waals surface area (Å²) in [5.74, 6) is 0.164. The maximum Gasteiger partial charge on any atom is 0.402 e. The van der Waals surface area contributed by atoms with Crippen molar-refractivity contribution in [2.45, 2.75) is 149 Å². The molecule has 2 rings (SSSR count). The zero-order valence-electron chi connectivity index (χ0n) is 27.2. The predicted octanol–water partition coefficient (Wildman–Crippen LogP) is 10.7. The van der Waals surface area contributed by atoms with Crippen LogP contribution in [-0.4, -0.2) is 16.4 Å². The van der Waals surface area contributed by atoms with E-state index in [1.54, 1.807) is 24.3 Å². The van der Waals surface area contributed by atoms with E-state index in [2.05, 4.69) is 0 Å². The van der Waals surface area contributed by atoms with Crippen LogP contribution < -0.4 is 0 Å². The van der Waals surface area contributed by atoms with Crippen molar-refractivity contribution in [3.05, 3.63) is 57.6 Å². The van der Waals surface area contributed by atoms with Gasteiger partial charge < -0.3 is 10.2 Å². The molecule has 0 bridgehead atoms. The first-order chi connectivity index (χ1) is 18.0. The SMILES string of the molecule is CCC(C)(C)c1cc(C(C)(c2cc(C(C)(C)CC)c(O)c(C(C)(C)CC)c2)C(F)(F)F)cc(C(C)(C)CC)c1O. The van der Waals surface area contributed by atoms with E-state index < -0.39 is 33.3 Å². The summed E-state index contributed by atoms with van der Waals surface area (Å²) < 4.78 is 46.8. The third-order valence-corrected chi connectivity index (χ3v) is 10.4. The topological polar surface area (TPSA) is 40.5 Å². The van der Waals surface area contributed by atoms with E-state index in [-0.39, 0.29) is 22.6 Å². The molecule has 0 saturated carbocycles. The molecule has 2 aromatic rings. The quantitative estimate of drug-likeness (QED) is 0.302. The molecule has 0 spiro atoms. The van der Waals surface area contributed by atoms with Crippen LogP contribution in [0.3, 0.4) is 0 Å². The molecule has 0 unspecified atom stereocenters. The van der Waals surface area contributed by atoms with Crippen molar-refractivity contribution in [1.29, 1.82) is 0 Å². The number of hydrogen-bond acceptors (Lipinski definition) is 2. The first-order valence-corrected chi connectivity index (χ1v) is 14.8. The van der Waals surface area contributed by atoms with Crippen molar-refractivity contribution < 1.29 is 23.4 Å². The van der Waals surface area contributed by atoms with Gasteiger partial charge in [-0.1, -0.05) is 107 Å². The Morgan fingerprint density at radius 3 is 0.825 bits per heavy atom. The molecular formula is C35H53F3O2. The van der Waals surface area contributed by atoms with Gasteiger partial charge in [0.2, 0.25) is 0 Å². The van der Waals surface area contributed by atoms with E-state index in [9.17, 15) is 10.2 Å². The maximum atomic E-state index is 15.6. The summed E-state index contributed by atoms with van der Waals surface area (Å²) in [4.78, 5) is 0. The lowest BCUT2D eigenvalue weighted by Gasteiger charge is -2.39.